The van der Waals surface area contributed by atoms with Gasteiger partial charge in [-0.05, 0) is 54.4 Å². The van der Waals surface area contributed by atoms with Crippen molar-refractivity contribution in [3.05, 3.63) is 57.7 Å². The van der Waals surface area contributed by atoms with Gasteiger partial charge in [0, 0.05) is 30.2 Å². The molecule has 1 N–H and O–H groups in total. The first-order chi connectivity index (χ1) is 16.8. The fourth-order valence-electron chi connectivity index (χ4n) is 4.70. The van der Waals surface area contributed by atoms with Gasteiger partial charge in [-0.3, -0.25) is 9.59 Å². The summed E-state index contributed by atoms with van der Waals surface area (Å²) >= 11 is 0. The summed E-state index contributed by atoms with van der Waals surface area (Å²) in [6, 6.07) is 6.76. The van der Waals surface area contributed by atoms with Crippen LogP contribution >= 0.6 is 0 Å². The molecule has 1 atom stereocenters. The lowest BCUT2D eigenvalue weighted by atomic mass is 9.72. The molecular formula is C28H34O7Si. The second-order valence-corrected chi connectivity index (χ2v) is 15.7. The number of methoxy groups -OCH3 is 2. The largest absolute Gasteiger partial charge is 0.507 e. The minimum absolute atomic E-state index is 0.0323. The van der Waals surface area contributed by atoms with Gasteiger partial charge in [-0.1, -0.05) is 26.8 Å². The summed E-state index contributed by atoms with van der Waals surface area (Å²) < 4.78 is 23.0. The standard InChI is InChI=1S/C28H34O7Si/c1-15-11-16-13-20(35-36(7,8)28(2,3)4)24-25(21(16)17(29)12-15)27(31)23-19(34-14-32-5)10-9-18(33-6)22(23)26(24)30/h9-12,20,29H,13-14H2,1-8H3. The van der Waals surface area contributed by atoms with Crippen LogP contribution < -0.4 is 9.47 Å². The van der Waals surface area contributed by atoms with Gasteiger partial charge in [-0.25, -0.2) is 0 Å². The highest BCUT2D eigenvalue weighted by molar-refractivity contribution is 6.74. The molecule has 0 saturated carbocycles. The van der Waals surface area contributed by atoms with Crippen molar-refractivity contribution in [3.8, 4) is 17.2 Å². The number of aromatic hydroxyl groups is 1. The van der Waals surface area contributed by atoms with Gasteiger partial charge < -0.3 is 23.7 Å². The Kier molecular flexibility index (Phi) is 6.66. The van der Waals surface area contributed by atoms with Crippen molar-refractivity contribution in [2.24, 2.45) is 0 Å². The SMILES string of the molecule is COCOc1ccc(OC)c2c1C(=O)C1=C(C2=O)C(O[Si](C)(C)C(C)(C)C)Cc2cc(C)cc(O)c21. The number of ketones is 2. The van der Waals surface area contributed by atoms with Crippen LogP contribution in [0.5, 0.6) is 17.2 Å². The Morgan fingerprint density at radius 2 is 1.64 bits per heavy atom. The average molecular weight is 511 g/mol. The summed E-state index contributed by atoms with van der Waals surface area (Å²) in [4.78, 5) is 28.4. The number of phenols is 1. The van der Waals surface area contributed by atoms with Crippen molar-refractivity contribution in [1.29, 1.82) is 0 Å². The third-order valence-electron chi connectivity index (χ3n) is 7.44. The monoisotopic (exact) mass is 510 g/mol. The van der Waals surface area contributed by atoms with Crippen molar-refractivity contribution in [3.63, 3.8) is 0 Å². The van der Waals surface area contributed by atoms with Gasteiger partial charge in [0.2, 0.25) is 0 Å². The van der Waals surface area contributed by atoms with Crippen LogP contribution in [0, 0.1) is 6.92 Å². The van der Waals surface area contributed by atoms with Gasteiger partial charge in [-0.15, -0.1) is 0 Å². The number of carbonyl (C=O) groups is 2. The predicted molar refractivity (Wildman–Crippen MR) is 140 cm³/mol. The number of benzene rings is 2. The molecule has 0 bridgehead atoms. The van der Waals surface area contributed by atoms with Gasteiger partial charge in [0.1, 0.15) is 17.2 Å². The van der Waals surface area contributed by atoms with Crippen LogP contribution in [0.4, 0.5) is 0 Å². The van der Waals surface area contributed by atoms with Crippen molar-refractivity contribution in [2.45, 2.75) is 58.4 Å². The molecule has 8 heteroatoms. The third kappa shape index (κ3) is 4.17. The summed E-state index contributed by atoms with van der Waals surface area (Å²) in [5.74, 6) is -0.292. The molecule has 0 saturated heterocycles. The van der Waals surface area contributed by atoms with E-state index >= 15 is 0 Å². The van der Waals surface area contributed by atoms with Crippen LogP contribution in [0.15, 0.2) is 29.8 Å². The molecule has 192 valence electrons. The van der Waals surface area contributed by atoms with Crippen LogP contribution in [0.2, 0.25) is 18.1 Å². The summed E-state index contributed by atoms with van der Waals surface area (Å²) in [5, 5.41) is 10.9. The molecule has 0 aromatic heterocycles. The molecule has 0 heterocycles. The maximum absolute atomic E-state index is 14.2. The number of fused-ring (bicyclic) bond motifs is 3. The molecule has 0 spiro atoms. The molecule has 1 unspecified atom stereocenters. The first kappa shape index (κ1) is 26.1. The first-order valence-electron chi connectivity index (χ1n) is 12.0. The smallest absolute Gasteiger partial charge is 0.198 e. The number of hydrogen-bond donors (Lipinski definition) is 1. The topological polar surface area (TPSA) is 91.3 Å². The quantitative estimate of drug-likeness (QED) is 0.407. The summed E-state index contributed by atoms with van der Waals surface area (Å²) in [7, 11) is 0.593. The highest BCUT2D eigenvalue weighted by Crippen LogP contribution is 2.49. The minimum Gasteiger partial charge on any atom is -0.507 e. The summed E-state index contributed by atoms with van der Waals surface area (Å²) in [6.45, 7) is 12.4. The number of allylic oxidation sites excluding steroid dienone is 1. The van der Waals surface area contributed by atoms with E-state index in [1.165, 1.54) is 14.2 Å². The number of Topliss-reactive ketones (excluding diaryl/α,β-unsaturated/α-hetero) is 2. The van der Waals surface area contributed by atoms with Crippen LogP contribution in [0.1, 0.15) is 58.2 Å². The summed E-state index contributed by atoms with van der Waals surface area (Å²) in [5.41, 5.74) is 2.72. The first-order valence-corrected chi connectivity index (χ1v) is 14.9. The third-order valence-corrected chi connectivity index (χ3v) is 11.9. The van der Waals surface area contributed by atoms with E-state index < -0.39 is 20.2 Å². The maximum atomic E-state index is 14.2. The number of carbonyl (C=O) groups excluding carboxylic acids is 2. The molecular weight excluding hydrogens is 476 g/mol. The van der Waals surface area contributed by atoms with E-state index in [9.17, 15) is 14.7 Å². The Morgan fingerprint density at radius 1 is 1.00 bits per heavy atom. The van der Waals surface area contributed by atoms with Crippen molar-refractivity contribution >= 4 is 25.5 Å². The Balaban J connectivity index is 2.01. The summed E-state index contributed by atoms with van der Waals surface area (Å²) in [6.07, 6.45) is -0.251. The number of ether oxygens (including phenoxy) is 3. The number of rotatable bonds is 6. The molecule has 0 amide bonds. The molecule has 0 aliphatic heterocycles. The van der Waals surface area contributed by atoms with Crippen molar-refractivity contribution in [1.82, 2.24) is 0 Å². The Morgan fingerprint density at radius 3 is 2.25 bits per heavy atom. The second-order valence-electron chi connectivity index (χ2n) is 10.9. The Hall–Kier alpha value is -2.94. The molecule has 7 nitrogen and oxygen atoms in total. The fourth-order valence-corrected chi connectivity index (χ4v) is 5.97. The maximum Gasteiger partial charge on any atom is 0.198 e. The Labute approximate surface area is 213 Å². The van der Waals surface area contributed by atoms with E-state index in [-0.39, 0.29) is 57.1 Å². The van der Waals surface area contributed by atoms with Crippen LogP contribution in [0.3, 0.4) is 0 Å². The lowest BCUT2D eigenvalue weighted by Gasteiger charge is -2.42. The molecule has 0 fully saturated rings. The van der Waals surface area contributed by atoms with Gasteiger partial charge >= 0.3 is 0 Å². The zero-order valence-electron chi connectivity index (χ0n) is 22.2. The number of phenolic OH excluding ortho intramolecular Hbond substituents is 1. The normalized spacial score (nSPS) is 17.5. The number of hydrogen-bond acceptors (Lipinski definition) is 7. The van der Waals surface area contributed by atoms with Crippen molar-refractivity contribution < 1.29 is 33.3 Å². The van der Waals surface area contributed by atoms with E-state index in [1.54, 1.807) is 18.2 Å². The zero-order valence-corrected chi connectivity index (χ0v) is 23.2. The van der Waals surface area contributed by atoms with E-state index in [4.69, 9.17) is 18.6 Å². The van der Waals surface area contributed by atoms with Gasteiger partial charge in [-0.2, -0.15) is 0 Å². The van der Waals surface area contributed by atoms with E-state index in [1.807, 2.05) is 13.0 Å². The van der Waals surface area contributed by atoms with E-state index in [2.05, 4.69) is 33.9 Å². The number of aryl methyl sites for hydroxylation is 1. The van der Waals surface area contributed by atoms with E-state index in [0.717, 1.165) is 11.1 Å². The molecule has 4 rings (SSSR count). The van der Waals surface area contributed by atoms with Crippen LogP contribution in [0.25, 0.3) is 5.57 Å². The zero-order chi connectivity index (χ0) is 26.6. The van der Waals surface area contributed by atoms with Crippen molar-refractivity contribution in [2.75, 3.05) is 21.0 Å². The Bertz CT molecular complexity index is 1280. The molecule has 0 radical (unpaired) electrons. The molecule has 2 aliphatic rings. The minimum atomic E-state index is -2.34. The predicted octanol–water partition coefficient (Wildman–Crippen LogP) is 5.47. The molecule has 2 aromatic carbocycles. The van der Waals surface area contributed by atoms with Crippen LogP contribution in [-0.4, -0.2) is 52.1 Å². The molecule has 2 aromatic rings. The lowest BCUT2D eigenvalue weighted by Crippen LogP contribution is -2.47. The highest BCUT2D eigenvalue weighted by atomic mass is 28.4. The van der Waals surface area contributed by atoms with Crippen LogP contribution in [-0.2, 0) is 15.6 Å². The van der Waals surface area contributed by atoms with Gasteiger partial charge in [0.05, 0.1) is 24.3 Å². The average Bonchev–Trinajstić information content (AvgIpc) is 2.78. The molecule has 2 aliphatic carbocycles. The second kappa shape index (κ2) is 9.17. The van der Waals surface area contributed by atoms with Gasteiger partial charge in [0.15, 0.2) is 26.7 Å². The highest BCUT2D eigenvalue weighted by Gasteiger charge is 2.48. The van der Waals surface area contributed by atoms with E-state index in [0.29, 0.717) is 12.0 Å². The molecule has 36 heavy (non-hydrogen) atoms. The van der Waals surface area contributed by atoms with Gasteiger partial charge in [0.25, 0.3) is 0 Å². The lowest BCUT2D eigenvalue weighted by molar-refractivity contribution is 0.0501. The fraction of sp³-hybridized carbons (Fsp3) is 0.429.